The average Bonchev–Trinajstić information content (AvgIpc) is 3.38. The fourth-order valence-electron chi connectivity index (χ4n) is 4.04. The summed E-state index contributed by atoms with van der Waals surface area (Å²) < 4.78 is 5.48. The van der Waals surface area contributed by atoms with Crippen LogP contribution in [0.25, 0.3) is 0 Å². The molecule has 0 saturated heterocycles. The molecule has 2 heterocycles. The van der Waals surface area contributed by atoms with Gasteiger partial charge in [-0.25, -0.2) is 4.98 Å². The van der Waals surface area contributed by atoms with Crippen LogP contribution in [0.3, 0.4) is 0 Å². The van der Waals surface area contributed by atoms with E-state index in [4.69, 9.17) is 9.41 Å². The first kappa shape index (κ1) is 15.1. The molecule has 0 radical (unpaired) electrons. The van der Waals surface area contributed by atoms with E-state index in [0.717, 1.165) is 17.7 Å². The van der Waals surface area contributed by atoms with E-state index < -0.39 is 0 Å². The van der Waals surface area contributed by atoms with Gasteiger partial charge in [-0.3, -0.25) is 4.99 Å². The lowest BCUT2D eigenvalue weighted by Crippen LogP contribution is -2.29. The van der Waals surface area contributed by atoms with E-state index >= 15 is 0 Å². The Kier molecular flexibility index (Phi) is 3.45. The number of hydrogen-bond donors (Lipinski definition) is 0. The number of hydrogen-bond acceptors (Lipinski definition) is 3. The lowest BCUT2D eigenvalue weighted by Gasteiger charge is -2.35. The maximum Gasteiger partial charge on any atom is 0.245 e. The van der Waals surface area contributed by atoms with Crippen molar-refractivity contribution < 1.29 is 4.42 Å². The predicted molar refractivity (Wildman–Crippen MR) is 102 cm³/mol. The summed E-state index contributed by atoms with van der Waals surface area (Å²) >= 11 is 0. The van der Waals surface area contributed by atoms with Gasteiger partial charge < -0.3 is 4.42 Å². The highest BCUT2D eigenvalue weighted by Crippen LogP contribution is 2.44. The van der Waals surface area contributed by atoms with Crippen LogP contribution >= 0.6 is 0 Å². The van der Waals surface area contributed by atoms with Crippen molar-refractivity contribution in [2.75, 3.05) is 6.54 Å². The minimum absolute atomic E-state index is 0.164. The van der Waals surface area contributed by atoms with Crippen molar-refractivity contribution in [3.8, 4) is 0 Å². The number of aromatic nitrogens is 1. The molecule has 1 aliphatic carbocycles. The van der Waals surface area contributed by atoms with Crippen molar-refractivity contribution in [1.29, 1.82) is 0 Å². The molecule has 26 heavy (non-hydrogen) atoms. The predicted octanol–water partition coefficient (Wildman–Crippen LogP) is 4.72. The summed E-state index contributed by atoms with van der Waals surface area (Å²) in [5, 5.41) is 0. The van der Waals surface area contributed by atoms with Crippen LogP contribution in [-0.2, 0) is 5.41 Å². The topological polar surface area (TPSA) is 38.4 Å². The first-order valence-corrected chi connectivity index (χ1v) is 8.84. The van der Waals surface area contributed by atoms with Gasteiger partial charge in [-0.2, -0.15) is 0 Å². The second-order valence-corrected chi connectivity index (χ2v) is 6.73. The van der Waals surface area contributed by atoms with Gasteiger partial charge in [0.25, 0.3) is 0 Å². The second kappa shape index (κ2) is 5.95. The Morgan fingerprint density at radius 3 is 2.19 bits per heavy atom. The molecule has 1 aromatic heterocycles. The zero-order valence-corrected chi connectivity index (χ0v) is 14.3. The van der Waals surface area contributed by atoms with Crippen molar-refractivity contribution >= 4 is 5.71 Å². The lowest BCUT2D eigenvalue weighted by atomic mass is 9.67. The molecule has 3 nitrogen and oxygen atoms in total. The molecular weight excluding hydrogens is 320 g/mol. The van der Waals surface area contributed by atoms with Gasteiger partial charge in [-0.1, -0.05) is 72.8 Å². The molecule has 2 aromatic carbocycles. The van der Waals surface area contributed by atoms with Crippen molar-refractivity contribution in [3.63, 3.8) is 0 Å². The number of aliphatic imine (C=N–C) groups is 1. The van der Waals surface area contributed by atoms with Gasteiger partial charge in [0.15, 0.2) is 0 Å². The standard InChI is InChI=1S/C23H18N2O/c1-3-7-18(8-4-1)23(19-9-5-2-6-10-19)12-11-20-17(15-23)16-25-21(20)22-24-13-14-26-22/h1-14H,15-16H2. The third-order valence-corrected chi connectivity index (χ3v) is 5.30. The van der Waals surface area contributed by atoms with Gasteiger partial charge in [0.05, 0.1) is 12.7 Å². The summed E-state index contributed by atoms with van der Waals surface area (Å²) in [6, 6.07) is 21.4. The zero-order valence-electron chi connectivity index (χ0n) is 14.3. The maximum atomic E-state index is 5.48. The lowest BCUT2D eigenvalue weighted by molar-refractivity contribution is 0.547. The molecular formula is C23H18N2O. The number of nitrogens with zero attached hydrogens (tertiary/aromatic N) is 2. The van der Waals surface area contributed by atoms with Gasteiger partial charge in [0.1, 0.15) is 12.0 Å². The SMILES string of the molecule is C1=CC(c2ccccc2)(c2ccccc2)CC2=C1C(c1ncco1)=NC2. The summed E-state index contributed by atoms with van der Waals surface area (Å²) in [6.45, 7) is 0.707. The van der Waals surface area contributed by atoms with E-state index in [2.05, 4.69) is 77.8 Å². The number of rotatable bonds is 3. The molecule has 2 aliphatic rings. The molecule has 126 valence electrons. The highest BCUT2D eigenvalue weighted by atomic mass is 16.3. The summed E-state index contributed by atoms with van der Waals surface area (Å²) in [5.41, 5.74) is 5.82. The Morgan fingerprint density at radius 1 is 0.885 bits per heavy atom. The Labute approximate surface area is 152 Å². The third-order valence-electron chi connectivity index (χ3n) is 5.30. The zero-order chi connectivity index (χ0) is 17.4. The van der Waals surface area contributed by atoms with Crippen molar-refractivity contribution in [2.45, 2.75) is 11.8 Å². The quantitative estimate of drug-likeness (QED) is 0.693. The second-order valence-electron chi connectivity index (χ2n) is 6.73. The normalized spacial score (nSPS) is 17.9. The summed E-state index contributed by atoms with van der Waals surface area (Å²) in [5.74, 6) is 0.603. The minimum atomic E-state index is -0.164. The smallest absolute Gasteiger partial charge is 0.245 e. The molecule has 0 bridgehead atoms. The Morgan fingerprint density at radius 2 is 1.58 bits per heavy atom. The molecule has 0 N–H and O–H groups in total. The summed E-state index contributed by atoms with van der Waals surface area (Å²) in [4.78, 5) is 8.99. The largest absolute Gasteiger partial charge is 0.443 e. The van der Waals surface area contributed by atoms with Crippen molar-refractivity contribution in [3.05, 3.63) is 113 Å². The minimum Gasteiger partial charge on any atom is -0.443 e. The van der Waals surface area contributed by atoms with E-state index in [0.29, 0.717) is 12.4 Å². The van der Waals surface area contributed by atoms with Crippen LogP contribution in [0.5, 0.6) is 0 Å². The van der Waals surface area contributed by atoms with E-state index in [-0.39, 0.29) is 5.41 Å². The van der Waals surface area contributed by atoms with Crippen LogP contribution in [0.15, 0.2) is 106 Å². The number of benzene rings is 2. The van der Waals surface area contributed by atoms with Crippen LogP contribution in [0.1, 0.15) is 23.4 Å². The fourth-order valence-corrected chi connectivity index (χ4v) is 4.04. The Bertz CT molecular complexity index is 973. The monoisotopic (exact) mass is 338 g/mol. The number of allylic oxidation sites excluding steroid dienone is 3. The van der Waals surface area contributed by atoms with Gasteiger partial charge in [0, 0.05) is 11.0 Å². The van der Waals surface area contributed by atoms with Crippen LogP contribution in [0, 0.1) is 0 Å². The van der Waals surface area contributed by atoms with Crippen LogP contribution < -0.4 is 0 Å². The third kappa shape index (κ3) is 2.28. The van der Waals surface area contributed by atoms with Crippen LogP contribution in [-0.4, -0.2) is 17.2 Å². The van der Waals surface area contributed by atoms with E-state index in [1.165, 1.54) is 16.7 Å². The Hall–Kier alpha value is -3.20. The van der Waals surface area contributed by atoms with Gasteiger partial charge in [-0.15, -0.1) is 0 Å². The molecule has 0 unspecified atom stereocenters. The molecule has 3 heteroatoms. The van der Waals surface area contributed by atoms with Gasteiger partial charge in [-0.05, 0) is 23.1 Å². The summed E-state index contributed by atoms with van der Waals surface area (Å²) in [6.07, 6.45) is 8.71. The molecule has 0 saturated carbocycles. The first-order chi connectivity index (χ1) is 12.9. The van der Waals surface area contributed by atoms with E-state index in [9.17, 15) is 0 Å². The highest BCUT2D eigenvalue weighted by molar-refractivity contribution is 6.14. The Balaban J connectivity index is 1.61. The van der Waals surface area contributed by atoms with Crippen LogP contribution in [0.2, 0.25) is 0 Å². The molecule has 1 aliphatic heterocycles. The van der Waals surface area contributed by atoms with E-state index in [1.54, 1.807) is 12.5 Å². The summed E-state index contributed by atoms with van der Waals surface area (Å²) in [7, 11) is 0. The first-order valence-electron chi connectivity index (χ1n) is 8.84. The van der Waals surface area contributed by atoms with Gasteiger partial charge in [0.2, 0.25) is 5.89 Å². The number of oxazole rings is 1. The fraction of sp³-hybridized carbons (Fsp3) is 0.130. The van der Waals surface area contributed by atoms with Crippen molar-refractivity contribution in [1.82, 2.24) is 4.98 Å². The van der Waals surface area contributed by atoms with Gasteiger partial charge >= 0.3 is 0 Å². The molecule has 3 aromatic rings. The molecule has 0 atom stereocenters. The average molecular weight is 338 g/mol. The maximum absolute atomic E-state index is 5.48. The van der Waals surface area contributed by atoms with E-state index in [1.807, 2.05) is 0 Å². The molecule has 0 fully saturated rings. The van der Waals surface area contributed by atoms with Crippen LogP contribution in [0.4, 0.5) is 0 Å². The molecule has 5 rings (SSSR count). The molecule has 0 amide bonds. The highest BCUT2D eigenvalue weighted by Gasteiger charge is 2.38. The van der Waals surface area contributed by atoms with Crippen molar-refractivity contribution in [2.24, 2.45) is 4.99 Å². The molecule has 0 spiro atoms.